The maximum Gasteiger partial charge on any atom is 0.150 e. The van der Waals surface area contributed by atoms with Gasteiger partial charge in [-0.25, -0.2) is 8.78 Å². The van der Waals surface area contributed by atoms with Gasteiger partial charge in [-0.15, -0.1) is 0 Å². The summed E-state index contributed by atoms with van der Waals surface area (Å²) in [7, 11) is 0. The number of nitriles is 8. The number of hydrogen-bond acceptors (Lipinski definition) is 8. The smallest absolute Gasteiger partial charge is 0.150 e. The molecule has 0 spiro atoms. The fraction of sp³-hybridized carbons (Fsp3) is 0.0588. The van der Waals surface area contributed by atoms with E-state index in [4.69, 9.17) is 0 Å². The predicted octanol–water partition coefficient (Wildman–Crippen LogP) is 6.43. The second kappa shape index (κ2) is 10.9. The number of benzene rings is 3. The van der Waals surface area contributed by atoms with E-state index < -0.39 is 34.6 Å². The van der Waals surface area contributed by atoms with Crippen LogP contribution in [0.5, 0.6) is 0 Å². The van der Waals surface area contributed by atoms with Crippen molar-refractivity contribution in [3.05, 3.63) is 116 Å². The molecular formula is C34H10F2N8. The molecule has 44 heavy (non-hydrogen) atoms. The van der Waals surface area contributed by atoms with Gasteiger partial charge in [0.25, 0.3) is 0 Å². The summed E-state index contributed by atoms with van der Waals surface area (Å²) in [6.45, 7) is 0. The Morgan fingerprint density at radius 3 is 1.61 bits per heavy atom. The number of hydrogen-bond donors (Lipinski definition) is 0. The Kier molecular flexibility index (Phi) is 6.99. The second-order valence-corrected chi connectivity index (χ2v) is 9.66. The van der Waals surface area contributed by atoms with E-state index in [-0.39, 0.29) is 66.8 Å². The Hall–Kier alpha value is -7.34. The molecule has 0 heterocycles. The minimum absolute atomic E-state index is 0.00684. The SMILES string of the molecule is N#CC1=C(F)/C(=C(\C#N)c2cc(C#N)cc(C#N)c2)c2cc3c(cc21)C(C#N)=C(F)C3C(C#N)c1cc(C#N)cc(C#N)c1. The molecule has 2 aliphatic carbocycles. The Bertz CT molecular complexity index is 2240. The molecule has 0 N–H and O–H groups in total. The molecule has 200 valence electrons. The predicted molar refractivity (Wildman–Crippen MR) is 149 cm³/mol. The molecule has 0 radical (unpaired) electrons. The Labute approximate surface area is 249 Å². The lowest BCUT2D eigenvalue weighted by molar-refractivity contribution is 0.534. The van der Waals surface area contributed by atoms with E-state index in [1.54, 1.807) is 12.1 Å². The third-order valence-corrected chi connectivity index (χ3v) is 7.39. The van der Waals surface area contributed by atoms with Gasteiger partial charge in [0.05, 0.1) is 81.2 Å². The van der Waals surface area contributed by atoms with Crippen LogP contribution in [0.3, 0.4) is 0 Å². The summed E-state index contributed by atoms with van der Waals surface area (Å²) in [5, 5.41) is 77.8. The summed E-state index contributed by atoms with van der Waals surface area (Å²) in [5.41, 5.74) is -1.09. The Morgan fingerprint density at radius 1 is 0.591 bits per heavy atom. The molecule has 5 rings (SSSR count). The maximum atomic E-state index is 16.0. The van der Waals surface area contributed by atoms with Crippen molar-refractivity contribution in [3.63, 3.8) is 0 Å². The normalized spacial score (nSPS) is 16.0. The van der Waals surface area contributed by atoms with Gasteiger partial charge in [-0.3, -0.25) is 0 Å². The van der Waals surface area contributed by atoms with Crippen LogP contribution in [0.1, 0.15) is 67.5 Å². The molecule has 0 bridgehead atoms. The lowest BCUT2D eigenvalue weighted by Gasteiger charge is -2.20. The monoisotopic (exact) mass is 568 g/mol. The lowest BCUT2D eigenvalue weighted by Crippen LogP contribution is -2.10. The molecule has 0 saturated heterocycles. The summed E-state index contributed by atoms with van der Waals surface area (Å²) in [5.74, 6) is -4.78. The highest BCUT2D eigenvalue weighted by molar-refractivity contribution is 6.14. The van der Waals surface area contributed by atoms with E-state index in [0.29, 0.717) is 0 Å². The molecule has 10 heteroatoms. The maximum absolute atomic E-state index is 16.0. The minimum atomic E-state index is -1.41. The van der Waals surface area contributed by atoms with Crippen LogP contribution in [-0.2, 0) is 0 Å². The highest BCUT2D eigenvalue weighted by atomic mass is 19.1. The summed E-state index contributed by atoms with van der Waals surface area (Å²) in [4.78, 5) is 0. The Morgan fingerprint density at radius 2 is 1.14 bits per heavy atom. The largest absolute Gasteiger partial charge is 0.210 e. The van der Waals surface area contributed by atoms with Crippen LogP contribution in [0.2, 0.25) is 0 Å². The topological polar surface area (TPSA) is 190 Å². The number of allylic oxidation sites excluding steroid dienone is 6. The lowest BCUT2D eigenvalue weighted by atomic mass is 9.81. The first-order valence-electron chi connectivity index (χ1n) is 12.5. The first-order chi connectivity index (χ1) is 21.3. The zero-order valence-corrected chi connectivity index (χ0v) is 22.1. The van der Waals surface area contributed by atoms with Crippen LogP contribution in [0, 0.1) is 90.6 Å². The number of fused-ring (bicyclic) bond motifs is 2. The van der Waals surface area contributed by atoms with Crippen LogP contribution in [0.4, 0.5) is 8.78 Å². The summed E-state index contributed by atoms with van der Waals surface area (Å²) >= 11 is 0. The van der Waals surface area contributed by atoms with Gasteiger partial charge in [0.1, 0.15) is 24.0 Å². The van der Waals surface area contributed by atoms with Gasteiger partial charge in [-0.05, 0) is 76.3 Å². The van der Waals surface area contributed by atoms with E-state index in [2.05, 4.69) is 0 Å². The molecule has 2 unspecified atom stereocenters. The summed E-state index contributed by atoms with van der Waals surface area (Å²) in [6, 6.07) is 25.4. The zero-order chi connectivity index (χ0) is 31.7. The highest BCUT2D eigenvalue weighted by Gasteiger charge is 2.42. The van der Waals surface area contributed by atoms with Crippen LogP contribution in [0.25, 0.3) is 22.3 Å². The summed E-state index contributed by atoms with van der Waals surface area (Å²) < 4.78 is 32.0. The zero-order valence-electron chi connectivity index (χ0n) is 22.1. The second-order valence-electron chi connectivity index (χ2n) is 9.66. The van der Waals surface area contributed by atoms with Crippen LogP contribution in [-0.4, -0.2) is 0 Å². The van der Waals surface area contributed by atoms with Gasteiger partial charge in [-0.1, -0.05) is 0 Å². The standard InChI is InChI=1S/C34H10F2N8/c35-33-29(15-43)23-7-24-26(8-25(23)31(33)27(13-41)21-3-17(9-37)1-18(4-21)10-38)32(34(36)30(24)16-44)28(14-42)22-5-19(11-39)2-20(6-22)12-40/h1-8,27,31H/b32-28+. The number of nitrogens with zero attached hydrogens (tertiary/aromatic N) is 8. The average Bonchev–Trinajstić information content (AvgIpc) is 3.48. The molecule has 3 aromatic rings. The molecule has 0 saturated carbocycles. The van der Waals surface area contributed by atoms with E-state index in [9.17, 15) is 42.1 Å². The first kappa shape index (κ1) is 28.2. The molecule has 2 atom stereocenters. The number of rotatable bonds is 3. The van der Waals surface area contributed by atoms with Crippen molar-refractivity contribution in [2.24, 2.45) is 0 Å². The quantitative estimate of drug-likeness (QED) is 0.322. The van der Waals surface area contributed by atoms with E-state index in [0.717, 1.165) is 0 Å². The average molecular weight is 569 g/mol. The molecule has 3 aromatic carbocycles. The molecule has 8 nitrogen and oxygen atoms in total. The van der Waals surface area contributed by atoms with Gasteiger partial charge in [-0.2, -0.15) is 42.1 Å². The van der Waals surface area contributed by atoms with Gasteiger partial charge < -0.3 is 0 Å². The summed E-state index contributed by atoms with van der Waals surface area (Å²) in [6.07, 6.45) is 0. The van der Waals surface area contributed by atoms with Crippen molar-refractivity contribution in [1.29, 1.82) is 42.1 Å². The molecule has 0 aromatic heterocycles. The molecular weight excluding hydrogens is 558 g/mol. The molecule has 0 aliphatic heterocycles. The van der Waals surface area contributed by atoms with Crippen molar-refractivity contribution < 1.29 is 8.78 Å². The number of halogens is 2. The van der Waals surface area contributed by atoms with Gasteiger partial charge in [0.2, 0.25) is 0 Å². The van der Waals surface area contributed by atoms with E-state index >= 15 is 8.78 Å². The molecule has 0 fully saturated rings. The Balaban J connectivity index is 1.82. The fourth-order valence-electron chi connectivity index (χ4n) is 5.55. The van der Waals surface area contributed by atoms with Gasteiger partial charge in [0.15, 0.2) is 5.83 Å². The van der Waals surface area contributed by atoms with Crippen molar-refractivity contribution in [1.82, 2.24) is 0 Å². The van der Waals surface area contributed by atoms with Gasteiger partial charge >= 0.3 is 0 Å². The third-order valence-electron chi connectivity index (χ3n) is 7.39. The van der Waals surface area contributed by atoms with Crippen LogP contribution in [0.15, 0.2) is 60.2 Å². The van der Waals surface area contributed by atoms with Crippen molar-refractivity contribution in [2.75, 3.05) is 0 Å². The molecule has 0 amide bonds. The highest BCUT2D eigenvalue weighted by Crippen LogP contribution is 2.54. The van der Waals surface area contributed by atoms with Crippen molar-refractivity contribution >= 4 is 22.3 Å². The van der Waals surface area contributed by atoms with E-state index in [1.165, 1.54) is 48.5 Å². The van der Waals surface area contributed by atoms with Crippen LogP contribution < -0.4 is 0 Å². The van der Waals surface area contributed by atoms with E-state index in [1.807, 2.05) is 36.4 Å². The van der Waals surface area contributed by atoms with Crippen LogP contribution >= 0.6 is 0 Å². The first-order valence-corrected chi connectivity index (χ1v) is 12.5. The van der Waals surface area contributed by atoms with Crippen molar-refractivity contribution in [3.8, 4) is 48.6 Å². The molecule has 2 aliphatic rings. The minimum Gasteiger partial charge on any atom is -0.210 e. The third kappa shape index (κ3) is 4.20. The fourth-order valence-corrected chi connectivity index (χ4v) is 5.55. The van der Waals surface area contributed by atoms with Crippen molar-refractivity contribution in [2.45, 2.75) is 11.8 Å². The van der Waals surface area contributed by atoms with Gasteiger partial charge in [0, 0.05) is 11.1 Å².